The van der Waals surface area contributed by atoms with E-state index in [-0.39, 0.29) is 18.1 Å². The number of hydrogen-bond acceptors (Lipinski definition) is 6. The van der Waals surface area contributed by atoms with E-state index in [9.17, 15) is 4.79 Å². The van der Waals surface area contributed by atoms with E-state index in [2.05, 4.69) is 20.2 Å². The molecule has 1 amide bonds. The fraction of sp³-hybridized carbons (Fsp3) is 0.556. The summed E-state index contributed by atoms with van der Waals surface area (Å²) in [6.45, 7) is 0.521. The first-order chi connectivity index (χ1) is 12.6. The van der Waals surface area contributed by atoms with Crippen molar-refractivity contribution < 1.29 is 9.53 Å². The van der Waals surface area contributed by atoms with Crippen molar-refractivity contribution >= 4 is 11.6 Å². The summed E-state index contributed by atoms with van der Waals surface area (Å²) in [5.74, 6) is 1.97. The normalized spacial score (nSPS) is 22.7. The maximum absolute atomic E-state index is 13.1. The molecular formula is C18H24N6O2. The van der Waals surface area contributed by atoms with E-state index in [1.807, 2.05) is 31.1 Å². The van der Waals surface area contributed by atoms with Gasteiger partial charge in [0.15, 0.2) is 5.82 Å². The molecule has 26 heavy (non-hydrogen) atoms. The molecule has 0 bridgehead atoms. The standard InChI is InChI=1S/C18H24N6O2/c1-23(2)12-6-7-19-14(8-12)18(25)24-10-13(26-3)9-15(24)17-20-16(21-22-17)11-4-5-11/h6-8,11,13,15H,4-5,9-10H2,1-3H3,(H,20,21,22)/t13-,15+/m1/s1. The molecule has 1 saturated carbocycles. The third-order valence-corrected chi connectivity index (χ3v) is 5.11. The molecule has 1 N–H and O–H groups in total. The second-order valence-corrected chi connectivity index (χ2v) is 7.21. The summed E-state index contributed by atoms with van der Waals surface area (Å²) in [5, 5.41) is 7.38. The van der Waals surface area contributed by atoms with Gasteiger partial charge in [0.05, 0.1) is 12.1 Å². The third-order valence-electron chi connectivity index (χ3n) is 5.11. The summed E-state index contributed by atoms with van der Waals surface area (Å²) in [5.41, 5.74) is 1.37. The molecule has 8 nitrogen and oxygen atoms in total. The molecule has 3 heterocycles. The summed E-state index contributed by atoms with van der Waals surface area (Å²) in [6.07, 6.45) is 4.64. The molecule has 1 aliphatic carbocycles. The molecule has 1 aliphatic heterocycles. The predicted molar refractivity (Wildman–Crippen MR) is 96.1 cm³/mol. The lowest BCUT2D eigenvalue weighted by atomic mass is 10.2. The van der Waals surface area contributed by atoms with Crippen molar-refractivity contribution in [3.63, 3.8) is 0 Å². The number of aromatic amines is 1. The Hall–Kier alpha value is -2.48. The first kappa shape index (κ1) is 17.0. The molecule has 2 fully saturated rings. The molecule has 138 valence electrons. The van der Waals surface area contributed by atoms with Gasteiger partial charge in [0.25, 0.3) is 5.91 Å². The van der Waals surface area contributed by atoms with Gasteiger partial charge in [0, 0.05) is 52.0 Å². The minimum atomic E-state index is -0.169. The van der Waals surface area contributed by atoms with Crippen LogP contribution >= 0.6 is 0 Å². The van der Waals surface area contributed by atoms with Gasteiger partial charge in [-0.15, -0.1) is 0 Å². The topological polar surface area (TPSA) is 87.2 Å². The number of nitrogens with zero attached hydrogens (tertiary/aromatic N) is 5. The lowest BCUT2D eigenvalue weighted by Gasteiger charge is -2.23. The second kappa shape index (κ2) is 6.68. The van der Waals surface area contributed by atoms with Crippen LogP contribution in [0.2, 0.25) is 0 Å². The molecule has 0 spiro atoms. The number of carbonyl (C=O) groups excluding carboxylic acids is 1. The van der Waals surface area contributed by atoms with Gasteiger partial charge in [-0.2, -0.15) is 5.10 Å². The molecular weight excluding hydrogens is 332 g/mol. The van der Waals surface area contributed by atoms with Crippen molar-refractivity contribution in [2.24, 2.45) is 0 Å². The van der Waals surface area contributed by atoms with Gasteiger partial charge in [-0.3, -0.25) is 14.9 Å². The van der Waals surface area contributed by atoms with Crippen LogP contribution in [-0.2, 0) is 4.74 Å². The van der Waals surface area contributed by atoms with Crippen LogP contribution in [0.4, 0.5) is 5.69 Å². The van der Waals surface area contributed by atoms with E-state index in [1.165, 1.54) is 0 Å². The third kappa shape index (κ3) is 3.16. The number of carbonyl (C=O) groups is 1. The van der Waals surface area contributed by atoms with Crippen LogP contribution in [0.3, 0.4) is 0 Å². The Morgan fingerprint density at radius 3 is 2.88 bits per heavy atom. The van der Waals surface area contributed by atoms with Crippen molar-refractivity contribution in [1.82, 2.24) is 25.1 Å². The minimum Gasteiger partial charge on any atom is -0.380 e. The second-order valence-electron chi connectivity index (χ2n) is 7.21. The number of aromatic nitrogens is 4. The van der Waals surface area contributed by atoms with Crippen LogP contribution in [0, 0.1) is 0 Å². The first-order valence-electron chi connectivity index (χ1n) is 8.96. The lowest BCUT2D eigenvalue weighted by Crippen LogP contribution is -2.33. The highest BCUT2D eigenvalue weighted by Crippen LogP contribution is 2.39. The van der Waals surface area contributed by atoms with E-state index in [0.29, 0.717) is 24.6 Å². The Morgan fingerprint density at radius 2 is 2.19 bits per heavy atom. The van der Waals surface area contributed by atoms with Gasteiger partial charge in [0.1, 0.15) is 11.5 Å². The predicted octanol–water partition coefficient (Wildman–Crippen LogP) is 1.75. The van der Waals surface area contributed by atoms with Gasteiger partial charge >= 0.3 is 0 Å². The number of rotatable bonds is 5. The van der Waals surface area contributed by atoms with Gasteiger partial charge in [-0.1, -0.05) is 0 Å². The molecule has 2 aliphatic rings. The summed E-state index contributed by atoms with van der Waals surface area (Å²) in [6, 6.07) is 3.53. The van der Waals surface area contributed by atoms with E-state index in [1.54, 1.807) is 18.2 Å². The summed E-state index contributed by atoms with van der Waals surface area (Å²) >= 11 is 0. The maximum atomic E-state index is 13.1. The largest absolute Gasteiger partial charge is 0.380 e. The number of hydrogen-bond donors (Lipinski definition) is 1. The van der Waals surface area contributed by atoms with Crippen LogP contribution in [0.1, 0.15) is 53.4 Å². The van der Waals surface area contributed by atoms with Gasteiger partial charge in [-0.05, 0) is 25.0 Å². The van der Waals surface area contributed by atoms with Crippen molar-refractivity contribution in [2.75, 3.05) is 32.6 Å². The average molecular weight is 356 g/mol. The van der Waals surface area contributed by atoms with E-state index in [4.69, 9.17) is 4.74 Å². The summed E-state index contributed by atoms with van der Waals surface area (Å²) in [7, 11) is 5.56. The molecule has 2 atom stereocenters. The minimum absolute atomic E-state index is 0.0181. The number of pyridine rings is 1. The smallest absolute Gasteiger partial charge is 0.273 e. The first-order valence-corrected chi connectivity index (χ1v) is 8.96. The van der Waals surface area contributed by atoms with Crippen LogP contribution in [0.15, 0.2) is 18.3 Å². The quantitative estimate of drug-likeness (QED) is 0.878. The Morgan fingerprint density at radius 1 is 1.38 bits per heavy atom. The van der Waals surface area contributed by atoms with E-state index in [0.717, 1.165) is 30.2 Å². The van der Waals surface area contributed by atoms with Crippen LogP contribution < -0.4 is 4.90 Å². The fourth-order valence-electron chi connectivity index (χ4n) is 3.37. The molecule has 2 aromatic rings. The number of methoxy groups -OCH3 is 1. The molecule has 2 aromatic heterocycles. The SMILES string of the molecule is CO[C@@H]1C[C@@H](c2nc(C3CC3)n[nH]2)N(C(=O)c2cc(N(C)C)ccn2)C1. The molecule has 0 aromatic carbocycles. The molecule has 4 rings (SSSR count). The van der Waals surface area contributed by atoms with E-state index < -0.39 is 0 Å². The Balaban J connectivity index is 1.61. The Kier molecular flexibility index (Phi) is 4.36. The zero-order chi connectivity index (χ0) is 18.3. The lowest BCUT2D eigenvalue weighted by molar-refractivity contribution is 0.0679. The van der Waals surface area contributed by atoms with Gasteiger partial charge in [0.2, 0.25) is 0 Å². The number of H-pyrrole nitrogens is 1. The molecule has 1 saturated heterocycles. The summed E-state index contributed by atoms with van der Waals surface area (Å²) < 4.78 is 5.52. The maximum Gasteiger partial charge on any atom is 0.273 e. The number of amides is 1. The molecule has 0 unspecified atom stereocenters. The zero-order valence-electron chi connectivity index (χ0n) is 15.3. The fourth-order valence-corrected chi connectivity index (χ4v) is 3.37. The van der Waals surface area contributed by atoms with Crippen molar-refractivity contribution in [2.45, 2.75) is 37.3 Å². The Bertz CT molecular complexity index is 800. The van der Waals surface area contributed by atoms with Crippen molar-refractivity contribution in [3.8, 4) is 0 Å². The van der Waals surface area contributed by atoms with E-state index >= 15 is 0 Å². The number of anilines is 1. The highest BCUT2D eigenvalue weighted by molar-refractivity contribution is 5.93. The molecule has 8 heteroatoms. The number of ether oxygens (including phenoxy) is 1. The van der Waals surface area contributed by atoms with Crippen LogP contribution in [0.25, 0.3) is 0 Å². The van der Waals surface area contributed by atoms with Crippen LogP contribution in [0.5, 0.6) is 0 Å². The highest BCUT2D eigenvalue weighted by Gasteiger charge is 2.40. The van der Waals surface area contributed by atoms with Gasteiger partial charge < -0.3 is 14.5 Å². The van der Waals surface area contributed by atoms with Crippen molar-refractivity contribution in [3.05, 3.63) is 35.7 Å². The number of nitrogens with one attached hydrogen (secondary N) is 1. The van der Waals surface area contributed by atoms with Crippen molar-refractivity contribution in [1.29, 1.82) is 0 Å². The molecule has 0 radical (unpaired) electrons. The summed E-state index contributed by atoms with van der Waals surface area (Å²) in [4.78, 5) is 25.8. The zero-order valence-corrected chi connectivity index (χ0v) is 15.3. The Labute approximate surface area is 152 Å². The van der Waals surface area contributed by atoms with Gasteiger partial charge in [-0.25, -0.2) is 4.98 Å². The highest BCUT2D eigenvalue weighted by atomic mass is 16.5. The van der Waals surface area contributed by atoms with Crippen LogP contribution in [-0.4, -0.2) is 64.8 Å². The monoisotopic (exact) mass is 356 g/mol. The average Bonchev–Trinajstić information content (AvgIpc) is 3.23. The number of likely N-dealkylation sites (tertiary alicyclic amines) is 1.